The smallest absolute Gasteiger partial charge is 0.124 e. The molecule has 0 atom stereocenters. The molecule has 4 heteroatoms. The molecule has 1 fully saturated rings. The molecule has 0 N–H and O–H groups in total. The number of hydrogen-bond donors (Lipinski definition) is 0. The van der Waals surface area contributed by atoms with Gasteiger partial charge in [-0.15, -0.1) is 0 Å². The number of hydrogen-bond acceptors (Lipinski definition) is 3. The lowest BCUT2D eigenvalue weighted by molar-refractivity contribution is 0.0844. The van der Waals surface area contributed by atoms with Gasteiger partial charge in [0.2, 0.25) is 0 Å². The zero-order chi connectivity index (χ0) is 10.8. The lowest BCUT2D eigenvalue weighted by atomic mass is 9.97. The fraction of sp³-hybridized carbons (Fsp3) is 0.556. The Bertz CT molecular complexity index is 369. The Morgan fingerprint density at radius 3 is 3.00 bits per heavy atom. The fourth-order valence-electron chi connectivity index (χ4n) is 1.44. The van der Waals surface area contributed by atoms with E-state index < -0.39 is 0 Å². The maximum atomic E-state index is 7.69. The van der Waals surface area contributed by atoms with E-state index in [1.165, 1.54) is 0 Å². The number of ether oxygens (including phenoxy) is 1. The molecule has 0 aliphatic carbocycles. The summed E-state index contributed by atoms with van der Waals surface area (Å²) in [5, 5.41) is 0. The quantitative estimate of drug-likeness (QED) is 0.760. The minimum Gasteiger partial charge on any atom is -0.381 e. The molecule has 0 unspecified atom stereocenters. The molecule has 1 saturated heterocycles. The summed E-state index contributed by atoms with van der Waals surface area (Å²) in [5.74, 6) is 0.246. The molecule has 13 heavy (non-hydrogen) atoms. The maximum absolute atomic E-state index is 7.69. The summed E-state index contributed by atoms with van der Waals surface area (Å²) in [6.07, 6.45) is 1.90. The highest BCUT2D eigenvalue weighted by molar-refractivity contribution is 9.10. The van der Waals surface area contributed by atoms with Crippen LogP contribution in [0, 0.1) is 0 Å². The standard InChI is InChI=1S/C9H11BrN2O/c10-9-6-11-5-8(12-9)7-1-3-13-4-2-7/h5-7H,1-4H2/i5D,6D. The van der Waals surface area contributed by atoms with Crippen molar-refractivity contribution in [3.63, 3.8) is 0 Å². The van der Waals surface area contributed by atoms with Crippen LogP contribution in [0.1, 0.15) is 27.2 Å². The van der Waals surface area contributed by atoms with Gasteiger partial charge in [0.05, 0.1) is 14.6 Å². The van der Waals surface area contributed by atoms with Gasteiger partial charge in [-0.2, -0.15) is 0 Å². The molecule has 2 heterocycles. The molecule has 1 aromatic heterocycles. The lowest BCUT2D eigenvalue weighted by Gasteiger charge is -2.20. The summed E-state index contributed by atoms with van der Waals surface area (Å²) in [6, 6.07) is 0. The van der Waals surface area contributed by atoms with Crippen LogP contribution >= 0.6 is 15.9 Å². The molecule has 0 saturated carbocycles. The van der Waals surface area contributed by atoms with Gasteiger partial charge in [-0.25, -0.2) is 4.98 Å². The topological polar surface area (TPSA) is 35.0 Å². The van der Waals surface area contributed by atoms with Gasteiger partial charge >= 0.3 is 0 Å². The van der Waals surface area contributed by atoms with Crippen molar-refractivity contribution in [1.82, 2.24) is 9.97 Å². The van der Waals surface area contributed by atoms with Crippen molar-refractivity contribution in [3.05, 3.63) is 22.6 Å². The van der Waals surface area contributed by atoms with Crippen molar-refractivity contribution >= 4 is 15.9 Å². The molecule has 0 amide bonds. The summed E-state index contributed by atoms with van der Waals surface area (Å²) in [7, 11) is 0. The van der Waals surface area contributed by atoms with Gasteiger partial charge in [-0.05, 0) is 28.8 Å². The van der Waals surface area contributed by atoms with Gasteiger partial charge in [-0.1, -0.05) is 0 Å². The molecular formula is C9H11BrN2O. The van der Waals surface area contributed by atoms with E-state index in [4.69, 9.17) is 7.48 Å². The number of nitrogens with zero attached hydrogens (tertiary/aromatic N) is 2. The lowest BCUT2D eigenvalue weighted by Crippen LogP contribution is -2.15. The molecule has 2 rings (SSSR count). The van der Waals surface area contributed by atoms with Crippen LogP contribution in [-0.2, 0) is 4.74 Å². The number of halogens is 1. The van der Waals surface area contributed by atoms with Crippen molar-refractivity contribution in [2.24, 2.45) is 0 Å². The fourth-order valence-corrected chi connectivity index (χ4v) is 1.72. The summed E-state index contributed by atoms with van der Waals surface area (Å²) in [5.41, 5.74) is 0.682. The van der Waals surface area contributed by atoms with Crippen LogP contribution in [0.4, 0.5) is 0 Å². The Hall–Kier alpha value is -0.480. The van der Waals surface area contributed by atoms with E-state index in [1.54, 1.807) is 0 Å². The van der Waals surface area contributed by atoms with Gasteiger partial charge in [-0.3, -0.25) is 4.98 Å². The molecular weight excluding hydrogens is 232 g/mol. The first-order valence-corrected chi connectivity index (χ1v) is 5.06. The van der Waals surface area contributed by atoms with Gasteiger partial charge in [0.1, 0.15) is 4.60 Å². The van der Waals surface area contributed by atoms with Crippen LogP contribution in [0.5, 0.6) is 0 Å². The predicted octanol–water partition coefficient (Wildman–Crippen LogP) is 2.13. The highest BCUT2D eigenvalue weighted by Crippen LogP contribution is 2.25. The monoisotopic (exact) mass is 244 g/mol. The summed E-state index contributed by atoms with van der Waals surface area (Å²) < 4.78 is 20.8. The van der Waals surface area contributed by atoms with Crippen LogP contribution in [0.25, 0.3) is 0 Å². The summed E-state index contributed by atoms with van der Waals surface area (Å²) in [6.45, 7) is 1.43. The largest absolute Gasteiger partial charge is 0.381 e. The average Bonchev–Trinajstić information content (AvgIpc) is 2.25. The van der Waals surface area contributed by atoms with E-state index in [1.807, 2.05) is 0 Å². The van der Waals surface area contributed by atoms with Gasteiger partial charge in [0.25, 0.3) is 0 Å². The molecule has 0 aromatic carbocycles. The molecule has 1 aliphatic heterocycles. The second-order valence-electron chi connectivity index (χ2n) is 3.01. The third kappa shape index (κ3) is 2.25. The Balaban J connectivity index is 2.30. The first-order valence-electron chi connectivity index (χ1n) is 5.27. The van der Waals surface area contributed by atoms with Gasteiger partial charge in [0.15, 0.2) is 0 Å². The number of aromatic nitrogens is 2. The zero-order valence-electron chi connectivity index (χ0n) is 9.09. The first kappa shape index (κ1) is 6.90. The van der Waals surface area contributed by atoms with Crippen LogP contribution in [0.15, 0.2) is 16.9 Å². The highest BCUT2D eigenvalue weighted by atomic mass is 79.9. The Morgan fingerprint density at radius 2 is 2.23 bits per heavy atom. The van der Waals surface area contributed by atoms with Crippen LogP contribution in [0.3, 0.4) is 0 Å². The minimum atomic E-state index is 0.0239. The second-order valence-corrected chi connectivity index (χ2v) is 3.76. The zero-order valence-corrected chi connectivity index (χ0v) is 8.67. The SMILES string of the molecule is [2H]c1nc([2H])c(C2CCOCC2)nc1Br. The average molecular weight is 245 g/mol. The van der Waals surface area contributed by atoms with E-state index in [2.05, 4.69) is 25.9 Å². The van der Waals surface area contributed by atoms with Gasteiger partial charge in [0, 0.05) is 25.3 Å². The molecule has 0 bridgehead atoms. The highest BCUT2D eigenvalue weighted by Gasteiger charge is 2.17. The van der Waals surface area contributed by atoms with E-state index >= 15 is 0 Å². The van der Waals surface area contributed by atoms with E-state index in [0.29, 0.717) is 23.5 Å². The van der Waals surface area contributed by atoms with Crippen molar-refractivity contribution in [2.45, 2.75) is 18.8 Å². The van der Waals surface area contributed by atoms with E-state index in [9.17, 15) is 0 Å². The normalized spacial score (nSPS) is 21.0. The Morgan fingerprint density at radius 1 is 1.46 bits per heavy atom. The molecule has 0 spiro atoms. The molecule has 1 aliphatic rings. The Kier molecular flexibility index (Phi) is 2.20. The maximum Gasteiger partial charge on any atom is 0.124 e. The van der Waals surface area contributed by atoms with Crippen molar-refractivity contribution in [1.29, 1.82) is 0 Å². The summed E-state index contributed by atoms with van der Waals surface area (Å²) >= 11 is 3.17. The second kappa shape index (κ2) is 4.15. The van der Waals surface area contributed by atoms with Crippen molar-refractivity contribution in [2.75, 3.05) is 13.2 Å². The molecule has 0 radical (unpaired) electrons. The third-order valence-electron chi connectivity index (χ3n) is 2.15. The third-order valence-corrected chi connectivity index (χ3v) is 2.50. The Labute approximate surface area is 88.5 Å². The summed E-state index contributed by atoms with van der Waals surface area (Å²) in [4.78, 5) is 8.05. The van der Waals surface area contributed by atoms with Crippen LogP contribution < -0.4 is 0 Å². The van der Waals surface area contributed by atoms with Gasteiger partial charge < -0.3 is 4.74 Å². The first-order chi connectivity index (χ1) is 7.18. The predicted molar refractivity (Wildman–Crippen MR) is 52.5 cm³/mol. The van der Waals surface area contributed by atoms with Crippen LogP contribution in [-0.4, -0.2) is 23.2 Å². The minimum absolute atomic E-state index is 0.0239. The van der Waals surface area contributed by atoms with E-state index in [-0.39, 0.29) is 18.3 Å². The molecule has 3 nitrogen and oxygen atoms in total. The molecule has 70 valence electrons. The molecule has 1 aromatic rings. The van der Waals surface area contributed by atoms with E-state index in [0.717, 1.165) is 12.8 Å². The van der Waals surface area contributed by atoms with Crippen molar-refractivity contribution < 1.29 is 7.48 Å². The number of rotatable bonds is 1. The van der Waals surface area contributed by atoms with Crippen molar-refractivity contribution in [3.8, 4) is 0 Å². The van der Waals surface area contributed by atoms with Crippen LogP contribution in [0.2, 0.25) is 0 Å².